The Morgan fingerprint density at radius 1 is 1.33 bits per heavy atom. The number of para-hydroxylation sites is 1. The molecule has 0 spiro atoms. The number of halogens is 2. The fourth-order valence-corrected chi connectivity index (χ4v) is 1.71. The molecule has 0 aliphatic rings. The van der Waals surface area contributed by atoms with E-state index < -0.39 is 5.82 Å². The zero-order chi connectivity index (χ0) is 13.4. The maximum Gasteiger partial charge on any atom is 0.173 e. The molecule has 0 aliphatic heterocycles. The lowest BCUT2D eigenvalue weighted by Gasteiger charge is -2.11. The van der Waals surface area contributed by atoms with Crippen LogP contribution in [-0.2, 0) is 0 Å². The summed E-state index contributed by atoms with van der Waals surface area (Å²) in [5.74, 6) is -0.288. The zero-order valence-corrected chi connectivity index (χ0v) is 11.6. The minimum Gasteiger partial charge on any atom is -0.488 e. The number of hydrogen-bond acceptors (Lipinski definition) is 3. The van der Waals surface area contributed by atoms with E-state index in [9.17, 15) is 4.39 Å². The fourth-order valence-electron chi connectivity index (χ4n) is 1.49. The van der Waals surface area contributed by atoms with Gasteiger partial charge in [0.1, 0.15) is 6.61 Å². The molecule has 18 heavy (non-hydrogen) atoms. The molecule has 0 radical (unpaired) electrons. The summed E-state index contributed by atoms with van der Waals surface area (Å²) in [4.78, 5) is 2.14. The molecule has 0 bridgehead atoms. The lowest BCUT2D eigenvalue weighted by atomic mass is 10.3. The second kappa shape index (κ2) is 8.29. The van der Waals surface area contributed by atoms with E-state index in [2.05, 4.69) is 10.2 Å². The first-order valence-corrected chi connectivity index (χ1v) is 6.41. The minimum atomic E-state index is -0.421. The van der Waals surface area contributed by atoms with Crippen molar-refractivity contribution >= 4 is 11.6 Å². The third kappa shape index (κ3) is 5.67. The molecule has 3 nitrogen and oxygen atoms in total. The normalized spacial score (nSPS) is 10.9. The Labute approximate surface area is 113 Å². The minimum absolute atomic E-state index is 0.134. The first kappa shape index (κ1) is 15.2. The largest absolute Gasteiger partial charge is 0.488 e. The van der Waals surface area contributed by atoms with Crippen LogP contribution in [0.25, 0.3) is 0 Å². The molecule has 0 aromatic heterocycles. The monoisotopic (exact) mass is 274 g/mol. The average Bonchev–Trinajstić information content (AvgIpc) is 2.30. The van der Waals surface area contributed by atoms with Crippen LogP contribution in [0.5, 0.6) is 5.75 Å². The van der Waals surface area contributed by atoms with E-state index in [-0.39, 0.29) is 5.75 Å². The van der Waals surface area contributed by atoms with Crippen molar-refractivity contribution in [3.05, 3.63) is 29.0 Å². The molecule has 0 amide bonds. The number of ether oxygens (including phenoxy) is 1. The van der Waals surface area contributed by atoms with Crippen molar-refractivity contribution in [3.63, 3.8) is 0 Å². The summed E-state index contributed by atoms with van der Waals surface area (Å²) in [5, 5.41) is 3.54. The van der Waals surface area contributed by atoms with Gasteiger partial charge in [-0.05, 0) is 45.7 Å². The van der Waals surface area contributed by atoms with Gasteiger partial charge >= 0.3 is 0 Å². The van der Waals surface area contributed by atoms with Gasteiger partial charge in [0.05, 0.1) is 5.02 Å². The summed E-state index contributed by atoms with van der Waals surface area (Å²) in [6, 6.07) is 4.51. The van der Waals surface area contributed by atoms with Crippen LogP contribution < -0.4 is 10.1 Å². The van der Waals surface area contributed by atoms with Crippen molar-refractivity contribution in [2.75, 3.05) is 40.3 Å². The standard InChI is InChI=1S/C13H20ClFN2O/c1-17(2)9-4-7-16-8-10-18-13-11(14)5-3-6-12(13)15/h3,5-6,16H,4,7-10H2,1-2H3. The average molecular weight is 275 g/mol. The lowest BCUT2D eigenvalue weighted by molar-refractivity contribution is 0.297. The molecule has 1 rings (SSSR count). The predicted octanol–water partition coefficient (Wildman–Crippen LogP) is 2.40. The van der Waals surface area contributed by atoms with E-state index in [0.29, 0.717) is 18.2 Å². The Balaban J connectivity index is 2.14. The highest BCUT2D eigenvalue weighted by atomic mass is 35.5. The van der Waals surface area contributed by atoms with Crippen molar-refractivity contribution in [2.45, 2.75) is 6.42 Å². The summed E-state index contributed by atoms with van der Waals surface area (Å²) < 4.78 is 18.6. The van der Waals surface area contributed by atoms with Crippen LogP contribution in [0.2, 0.25) is 5.02 Å². The molecule has 1 aromatic rings. The van der Waals surface area contributed by atoms with Gasteiger partial charge in [0, 0.05) is 6.54 Å². The molecule has 102 valence electrons. The number of hydrogen-bond donors (Lipinski definition) is 1. The van der Waals surface area contributed by atoms with Crippen LogP contribution in [-0.4, -0.2) is 45.2 Å². The van der Waals surface area contributed by atoms with E-state index in [4.69, 9.17) is 16.3 Å². The Kier molecular flexibility index (Phi) is 7.01. The van der Waals surface area contributed by atoms with E-state index in [1.165, 1.54) is 6.07 Å². The quantitative estimate of drug-likeness (QED) is 0.737. The highest BCUT2D eigenvalue weighted by Crippen LogP contribution is 2.26. The molecule has 5 heteroatoms. The summed E-state index contributed by atoms with van der Waals surface area (Å²) in [6.07, 6.45) is 1.08. The van der Waals surface area contributed by atoms with Crippen LogP contribution >= 0.6 is 11.6 Å². The first-order valence-electron chi connectivity index (χ1n) is 6.03. The Hall–Kier alpha value is -0.840. The van der Waals surface area contributed by atoms with Crippen LogP contribution in [0, 0.1) is 5.82 Å². The van der Waals surface area contributed by atoms with Crippen molar-refractivity contribution in [2.24, 2.45) is 0 Å². The molecular formula is C13H20ClFN2O. The predicted molar refractivity (Wildman–Crippen MR) is 72.9 cm³/mol. The molecule has 0 atom stereocenters. The van der Waals surface area contributed by atoms with Crippen LogP contribution in [0.1, 0.15) is 6.42 Å². The van der Waals surface area contributed by atoms with Gasteiger partial charge in [0.25, 0.3) is 0 Å². The van der Waals surface area contributed by atoms with Gasteiger partial charge in [-0.1, -0.05) is 17.7 Å². The van der Waals surface area contributed by atoms with E-state index in [1.807, 2.05) is 14.1 Å². The van der Waals surface area contributed by atoms with Crippen LogP contribution in [0.15, 0.2) is 18.2 Å². The summed E-state index contributed by atoms with van der Waals surface area (Å²) in [6.45, 7) is 3.06. The van der Waals surface area contributed by atoms with Crippen molar-refractivity contribution in [1.82, 2.24) is 10.2 Å². The lowest BCUT2D eigenvalue weighted by Crippen LogP contribution is -2.25. The van der Waals surface area contributed by atoms with Gasteiger partial charge in [-0.2, -0.15) is 0 Å². The fraction of sp³-hybridized carbons (Fsp3) is 0.538. The summed E-state index contributed by atoms with van der Waals surface area (Å²) >= 11 is 5.84. The summed E-state index contributed by atoms with van der Waals surface area (Å²) in [5.41, 5.74) is 0. The van der Waals surface area contributed by atoms with Crippen molar-refractivity contribution < 1.29 is 9.13 Å². The van der Waals surface area contributed by atoms with Crippen LogP contribution in [0.4, 0.5) is 4.39 Å². The third-order valence-corrected chi connectivity index (χ3v) is 2.70. The van der Waals surface area contributed by atoms with Gasteiger partial charge in [-0.25, -0.2) is 4.39 Å². The topological polar surface area (TPSA) is 24.5 Å². The zero-order valence-electron chi connectivity index (χ0n) is 10.9. The van der Waals surface area contributed by atoms with E-state index in [1.54, 1.807) is 12.1 Å². The first-order chi connectivity index (χ1) is 8.61. The molecule has 0 unspecified atom stereocenters. The van der Waals surface area contributed by atoms with Crippen LogP contribution in [0.3, 0.4) is 0 Å². The Morgan fingerprint density at radius 3 is 2.78 bits per heavy atom. The SMILES string of the molecule is CN(C)CCCNCCOc1c(F)cccc1Cl. The second-order valence-electron chi connectivity index (χ2n) is 4.31. The molecule has 1 N–H and O–H groups in total. The molecular weight excluding hydrogens is 255 g/mol. The number of benzene rings is 1. The Bertz CT molecular complexity index is 341. The van der Waals surface area contributed by atoms with E-state index >= 15 is 0 Å². The molecule has 0 heterocycles. The number of nitrogens with zero attached hydrogens (tertiary/aromatic N) is 1. The van der Waals surface area contributed by atoms with Gasteiger partial charge in [0.15, 0.2) is 11.6 Å². The molecule has 1 aromatic carbocycles. The maximum absolute atomic E-state index is 13.3. The molecule has 0 aliphatic carbocycles. The molecule has 0 saturated heterocycles. The van der Waals surface area contributed by atoms with Gasteiger partial charge in [-0.15, -0.1) is 0 Å². The highest BCUT2D eigenvalue weighted by Gasteiger charge is 2.07. The van der Waals surface area contributed by atoms with Gasteiger partial charge in [-0.3, -0.25) is 0 Å². The molecule has 0 fully saturated rings. The van der Waals surface area contributed by atoms with E-state index in [0.717, 1.165) is 19.5 Å². The highest BCUT2D eigenvalue weighted by molar-refractivity contribution is 6.32. The third-order valence-electron chi connectivity index (χ3n) is 2.40. The second-order valence-corrected chi connectivity index (χ2v) is 4.71. The van der Waals surface area contributed by atoms with Gasteiger partial charge in [0.2, 0.25) is 0 Å². The molecule has 0 saturated carbocycles. The number of rotatable bonds is 8. The number of nitrogens with one attached hydrogen (secondary N) is 1. The Morgan fingerprint density at radius 2 is 2.11 bits per heavy atom. The maximum atomic E-state index is 13.3. The van der Waals surface area contributed by atoms with Gasteiger partial charge < -0.3 is 15.0 Å². The summed E-state index contributed by atoms with van der Waals surface area (Å²) in [7, 11) is 4.09. The smallest absolute Gasteiger partial charge is 0.173 e. The van der Waals surface area contributed by atoms with Crippen molar-refractivity contribution in [3.8, 4) is 5.75 Å². The van der Waals surface area contributed by atoms with Crippen molar-refractivity contribution in [1.29, 1.82) is 0 Å².